The predicted molar refractivity (Wildman–Crippen MR) is 77.5 cm³/mol. The maximum atomic E-state index is 11.9. The van der Waals surface area contributed by atoms with E-state index in [2.05, 4.69) is 6.58 Å². The van der Waals surface area contributed by atoms with Crippen molar-refractivity contribution in [3.05, 3.63) is 12.2 Å². The monoisotopic (exact) mass is 422 g/mol. The Bertz CT molecular complexity index is 811. The van der Waals surface area contributed by atoms with Gasteiger partial charge in [-0.3, -0.25) is 33.6 Å². The fraction of sp³-hybridized carbons (Fsp3) is 0.231. The number of aliphatic carboxylic acids is 8. The highest BCUT2D eigenvalue weighted by Gasteiger charge is 2.89. The minimum atomic E-state index is -5.41. The zero-order valence-corrected chi connectivity index (χ0v) is 13.6. The summed E-state index contributed by atoms with van der Waals surface area (Å²) in [7, 11) is 0. The van der Waals surface area contributed by atoms with Crippen molar-refractivity contribution in [2.75, 3.05) is 0 Å². The molecule has 8 N–H and O–H groups in total. The standard InChI is InChI=1S/C13H10O16/c1-2(3(14)15)11(4(16)17,5(18)19)13(9(26)27,10(28)29)12(6(20)21,7(22)23)8(24)25/h1H2,(H,14,15)(H,16,17)(H,18,19)(H,20,21)(H,22,23)(H,24,25)(H,26,27)(H,28,29). The van der Waals surface area contributed by atoms with Gasteiger partial charge in [0.1, 0.15) is 0 Å². The number of hydrogen-bond donors (Lipinski definition) is 8. The van der Waals surface area contributed by atoms with E-state index in [-0.39, 0.29) is 0 Å². The molecule has 0 saturated heterocycles. The minimum Gasteiger partial charge on any atom is -0.480 e. The molecule has 0 aliphatic rings. The van der Waals surface area contributed by atoms with E-state index in [1.165, 1.54) is 0 Å². The molecule has 0 aromatic rings. The number of carboxylic acid groups (broad SMARTS) is 8. The maximum Gasteiger partial charge on any atom is 0.334 e. The normalized spacial score (nSPS) is 11.7. The average molecular weight is 422 g/mol. The summed E-state index contributed by atoms with van der Waals surface area (Å²) in [5, 5.41) is 74.1. The zero-order chi connectivity index (χ0) is 23.7. The lowest BCUT2D eigenvalue weighted by atomic mass is 9.47. The second kappa shape index (κ2) is 7.25. The molecule has 0 aliphatic carbocycles. The second-order valence-corrected chi connectivity index (χ2v) is 5.17. The molecule has 0 aliphatic heterocycles. The molecular formula is C13H10O16. The fourth-order valence-corrected chi connectivity index (χ4v) is 2.83. The molecule has 16 heteroatoms. The van der Waals surface area contributed by atoms with E-state index < -0.39 is 69.6 Å². The third-order valence-corrected chi connectivity index (χ3v) is 4.08. The van der Waals surface area contributed by atoms with Crippen LogP contribution in [0.2, 0.25) is 0 Å². The van der Waals surface area contributed by atoms with Gasteiger partial charge in [0, 0.05) is 0 Å². The zero-order valence-electron chi connectivity index (χ0n) is 13.6. The Morgan fingerprint density at radius 1 is 0.448 bits per heavy atom. The van der Waals surface area contributed by atoms with Gasteiger partial charge in [-0.25, -0.2) is 4.79 Å². The molecule has 0 amide bonds. The fourth-order valence-electron chi connectivity index (χ4n) is 2.83. The second-order valence-electron chi connectivity index (χ2n) is 5.17. The Balaban J connectivity index is 8.60. The van der Waals surface area contributed by atoms with Gasteiger partial charge < -0.3 is 40.9 Å². The third kappa shape index (κ3) is 2.53. The average Bonchev–Trinajstić information content (AvgIpc) is 2.51. The van der Waals surface area contributed by atoms with Gasteiger partial charge in [0.2, 0.25) is 10.8 Å². The van der Waals surface area contributed by atoms with E-state index >= 15 is 0 Å². The highest BCUT2D eigenvalue weighted by atomic mass is 16.4. The lowest BCUT2D eigenvalue weighted by Crippen LogP contribution is -2.75. The molecule has 158 valence electrons. The maximum absolute atomic E-state index is 11.9. The molecule has 0 rings (SSSR count). The molecule has 0 heterocycles. The van der Waals surface area contributed by atoms with E-state index in [1.54, 1.807) is 0 Å². The lowest BCUT2D eigenvalue weighted by molar-refractivity contribution is -0.218. The Kier molecular flexibility index (Phi) is 6.13. The van der Waals surface area contributed by atoms with Crippen LogP contribution in [0.15, 0.2) is 12.2 Å². The summed E-state index contributed by atoms with van der Waals surface area (Å²) in [5.74, 6) is -26.0. The molecule has 16 nitrogen and oxygen atoms in total. The first kappa shape index (κ1) is 24.5. The predicted octanol–water partition coefficient (Wildman–Crippen LogP) is -2.82. The van der Waals surface area contributed by atoms with E-state index in [0.29, 0.717) is 0 Å². The Morgan fingerprint density at radius 3 is 0.828 bits per heavy atom. The van der Waals surface area contributed by atoms with Crippen molar-refractivity contribution in [3.63, 3.8) is 0 Å². The van der Waals surface area contributed by atoms with Crippen LogP contribution in [0.3, 0.4) is 0 Å². The first-order valence-corrected chi connectivity index (χ1v) is 6.53. The third-order valence-electron chi connectivity index (χ3n) is 4.08. The van der Waals surface area contributed by atoms with Crippen molar-refractivity contribution in [2.45, 2.75) is 0 Å². The van der Waals surface area contributed by atoms with Gasteiger partial charge in [-0.1, -0.05) is 6.58 Å². The molecule has 0 aromatic heterocycles. The van der Waals surface area contributed by atoms with Crippen LogP contribution in [0.4, 0.5) is 0 Å². The molecule has 0 atom stereocenters. The van der Waals surface area contributed by atoms with Gasteiger partial charge in [0.25, 0.3) is 5.41 Å². The van der Waals surface area contributed by atoms with Gasteiger partial charge >= 0.3 is 47.8 Å². The molecule has 0 unspecified atom stereocenters. The smallest absolute Gasteiger partial charge is 0.334 e. The summed E-state index contributed by atoms with van der Waals surface area (Å²) in [6.07, 6.45) is 0. The van der Waals surface area contributed by atoms with E-state index in [1.807, 2.05) is 0 Å². The van der Waals surface area contributed by atoms with Crippen LogP contribution in [0.1, 0.15) is 0 Å². The SMILES string of the molecule is C=C(C(=O)O)C(C(=O)O)(C(=O)O)C(C(=O)O)(C(=O)O)C(C(=O)O)(C(=O)O)C(=O)O. The van der Waals surface area contributed by atoms with Crippen LogP contribution < -0.4 is 0 Å². The van der Waals surface area contributed by atoms with E-state index in [0.717, 1.165) is 0 Å². The molecule has 0 spiro atoms. The topological polar surface area (TPSA) is 298 Å². The summed E-state index contributed by atoms with van der Waals surface area (Å²) >= 11 is 0. The number of rotatable bonds is 11. The quantitative estimate of drug-likeness (QED) is 0.123. The highest BCUT2D eigenvalue weighted by molar-refractivity contribution is 6.30. The summed E-state index contributed by atoms with van der Waals surface area (Å²) in [4.78, 5) is 93.3. The molecule has 0 saturated carbocycles. The Morgan fingerprint density at radius 2 is 0.690 bits per heavy atom. The van der Waals surface area contributed by atoms with Crippen LogP contribution in [0.5, 0.6) is 0 Å². The van der Waals surface area contributed by atoms with Crippen LogP contribution in [0.25, 0.3) is 0 Å². The first-order valence-electron chi connectivity index (χ1n) is 6.53. The highest BCUT2D eigenvalue weighted by Crippen LogP contribution is 2.57. The minimum absolute atomic E-state index is 2.35. The van der Waals surface area contributed by atoms with Crippen LogP contribution in [-0.4, -0.2) is 88.6 Å². The van der Waals surface area contributed by atoms with Gasteiger partial charge in [-0.15, -0.1) is 0 Å². The van der Waals surface area contributed by atoms with Crippen LogP contribution in [0, 0.1) is 16.2 Å². The summed E-state index contributed by atoms with van der Waals surface area (Å²) in [5.41, 5.74) is -18.1. The van der Waals surface area contributed by atoms with Crippen molar-refractivity contribution >= 4 is 47.8 Å². The van der Waals surface area contributed by atoms with Gasteiger partial charge in [0.15, 0.2) is 0 Å². The van der Waals surface area contributed by atoms with Gasteiger partial charge in [-0.05, 0) is 0 Å². The molecule has 0 radical (unpaired) electrons. The van der Waals surface area contributed by atoms with Crippen LogP contribution in [-0.2, 0) is 38.4 Å². The van der Waals surface area contributed by atoms with Crippen molar-refractivity contribution in [1.29, 1.82) is 0 Å². The van der Waals surface area contributed by atoms with E-state index in [4.69, 9.17) is 5.11 Å². The lowest BCUT2D eigenvalue weighted by Gasteiger charge is -2.44. The van der Waals surface area contributed by atoms with Gasteiger partial charge in [0.05, 0.1) is 5.57 Å². The molecule has 29 heavy (non-hydrogen) atoms. The van der Waals surface area contributed by atoms with Crippen molar-refractivity contribution in [3.8, 4) is 0 Å². The van der Waals surface area contributed by atoms with E-state index in [9.17, 15) is 74.1 Å². The van der Waals surface area contributed by atoms with Gasteiger partial charge in [-0.2, -0.15) is 0 Å². The first-order chi connectivity index (χ1) is 13.0. The summed E-state index contributed by atoms with van der Waals surface area (Å²) in [6.45, 7) is 2.42. The molecule has 0 aromatic carbocycles. The Hall–Kier alpha value is -4.50. The Labute approximate surface area is 156 Å². The summed E-state index contributed by atoms with van der Waals surface area (Å²) < 4.78 is 0. The molecule has 0 fully saturated rings. The number of hydrogen-bond acceptors (Lipinski definition) is 8. The van der Waals surface area contributed by atoms with Crippen molar-refractivity contribution in [2.24, 2.45) is 16.2 Å². The van der Waals surface area contributed by atoms with Crippen molar-refractivity contribution < 1.29 is 79.2 Å². The molecular weight excluding hydrogens is 412 g/mol. The van der Waals surface area contributed by atoms with Crippen molar-refractivity contribution in [1.82, 2.24) is 0 Å². The largest absolute Gasteiger partial charge is 0.480 e. The summed E-state index contributed by atoms with van der Waals surface area (Å²) in [6, 6.07) is 0. The van der Waals surface area contributed by atoms with Crippen LogP contribution >= 0.6 is 0 Å². The molecule has 0 bridgehead atoms. The number of carboxylic acids is 8. The number of carbonyl (C=O) groups is 8.